The molecule has 3 aromatic rings. The lowest BCUT2D eigenvalue weighted by atomic mass is 10.1. The number of benzene rings is 2. The van der Waals surface area contributed by atoms with Crippen molar-refractivity contribution in [2.75, 3.05) is 6.61 Å². The number of nitrogens with zero attached hydrogens (tertiary/aromatic N) is 2. The van der Waals surface area contributed by atoms with Gasteiger partial charge in [-0.3, -0.25) is 19.0 Å². The van der Waals surface area contributed by atoms with Gasteiger partial charge in [0.2, 0.25) is 5.82 Å². The molecule has 0 amide bonds. The zero-order valence-corrected chi connectivity index (χ0v) is 18.8. The summed E-state index contributed by atoms with van der Waals surface area (Å²) in [6, 6.07) is 16.9. The van der Waals surface area contributed by atoms with E-state index in [2.05, 4.69) is 0 Å². The third-order valence-electron chi connectivity index (χ3n) is 5.54. The first-order valence-corrected chi connectivity index (χ1v) is 10.9. The molecule has 0 N–H and O–H groups in total. The lowest BCUT2D eigenvalue weighted by molar-refractivity contribution is -0.148. The molecule has 1 aliphatic rings. The Balaban J connectivity index is 1.63. The number of carbonyl (C=O) groups is 2. The van der Waals surface area contributed by atoms with Gasteiger partial charge in [0.25, 0.3) is 11.5 Å². The number of aromatic nitrogens is 2. The van der Waals surface area contributed by atoms with Crippen molar-refractivity contribution >= 4 is 11.9 Å². The van der Waals surface area contributed by atoms with E-state index in [9.17, 15) is 23.6 Å². The average molecular weight is 482 g/mol. The van der Waals surface area contributed by atoms with Gasteiger partial charge in [0, 0.05) is 18.9 Å². The van der Waals surface area contributed by atoms with Gasteiger partial charge in [-0.2, -0.15) is 8.96 Å². The Hall–Kier alpha value is -3.89. The number of halogens is 1. The minimum atomic E-state index is -1.36. The molecule has 0 aliphatic carbocycles. The van der Waals surface area contributed by atoms with Gasteiger partial charge in [-0.05, 0) is 17.7 Å². The van der Waals surface area contributed by atoms with Gasteiger partial charge in [0.1, 0.15) is 18.9 Å². The van der Waals surface area contributed by atoms with Crippen LogP contribution in [0.15, 0.2) is 76.4 Å². The third-order valence-corrected chi connectivity index (χ3v) is 5.54. The van der Waals surface area contributed by atoms with Crippen molar-refractivity contribution in [3.05, 3.63) is 105 Å². The van der Waals surface area contributed by atoms with E-state index in [0.29, 0.717) is 6.20 Å². The van der Waals surface area contributed by atoms with Crippen LogP contribution in [0.5, 0.6) is 0 Å². The first-order valence-electron chi connectivity index (χ1n) is 10.9. The third kappa shape index (κ3) is 5.44. The van der Waals surface area contributed by atoms with E-state index in [0.717, 1.165) is 10.1 Å². The van der Waals surface area contributed by atoms with E-state index in [1.165, 1.54) is 19.1 Å². The highest BCUT2D eigenvalue weighted by molar-refractivity contribution is 5.95. The van der Waals surface area contributed by atoms with Crippen LogP contribution >= 0.6 is 0 Å². The molecule has 2 aromatic carbocycles. The zero-order chi connectivity index (χ0) is 24.9. The highest BCUT2D eigenvalue weighted by Crippen LogP contribution is 2.31. The van der Waals surface area contributed by atoms with Crippen molar-refractivity contribution in [3.8, 4) is 0 Å². The Morgan fingerprint density at radius 1 is 1.06 bits per heavy atom. The van der Waals surface area contributed by atoms with Crippen molar-refractivity contribution in [2.45, 2.75) is 38.4 Å². The van der Waals surface area contributed by atoms with Crippen molar-refractivity contribution in [2.24, 2.45) is 0 Å². The molecule has 0 unspecified atom stereocenters. The molecule has 1 aliphatic heterocycles. The minimum absolute atomic E-state index is 0.0491. The number of ether oxygens (including phenoxy) is 3. The topological polar surface area (TPSA) is 106 Å². The van der Waals surface area contributed by atoms with Crippen molar-refractivity contribution in [1.29, 1.82) is 0 Å². The minimum Gasteiger partial charge on any atom is -0.463 e. The molecule has 0 bridgehead atoms. The average Bonchev–Trinajstić information content (AvgIpc) is 3.27. The Bertz CT molecular complexity index is 1320. The van der Waals surface area contributed by atoms with Gasteiger partial charge in [0.05, 0.1) is 18.9 Å². The highest BCUT2D eigenvalue weighted by atomic mass is 19.1. The van der Waals surface area contributed by atoms with Crippen LogP contribution in [-0.4, -0.2) is 39.8 Å². The number of rotatable bonds is 7. The van der Waals surface area contributed by atoms with Gasteiger partial charge < -0.3 is 14.2 Å². The normalized spacial score (nSPS) is 19.4. The van der Waals surface area contributed by atoms with E-state index >= 15 is 0 Å². The first kappa shape index (κ1) is 24.2. The molecular formula is C25H23FN2O7. The first-order chi connectivity index (χ1) is 16.8. The molecule has 2 heterocycles. The predicted octanol–water partition coefficient (Wildman–Crippen LogP) is 2.27. The van der Waals surface area contributed by atoms with Crippen LogP contribution in [0, 0.1) is 5.82 Å². The van der Waals surface area contributed by atoms with E-state index in [1.54, 1.807) is 18.2 Å². The molecule has 1 saturated heterocycles. The fourth-order valence-electron chi connectivity index (χ4n) is 3.81. The molecular weight excluding hydrogens is 459 g/mol. The molecule has 10 heteroatoms. The number of carbonyl (C=O) groups excluding carboxylic acids is 2. The molecule has 0 radical (unpaired) electrons. The second-order valence-corrected chi connectivity index (χ2v) is 7.98. The van der Waals surface area contributed by atoms with E-state index < -0.39 is 47.4 Å². The van der Waals surface area contributed by atoms with Crippen LogP contribution in [0.3, 0.4) is 0 Å². The fraction of sp³-hybridized carbons (Fsp3) is 0.280. The SMILES string of the molecule is CC(=O)OC[C@H]1O[C@@H](n2cc(F)c(=O)n(C(=O)c3ccccc3)c2=O)C[C@@H]1OCc1ccccc1. The standard InChI is InChI=1S/C25H23FN2O7/c1-16(29)33-15-21-20(34-14-17-8-4-2-5-9-17)12-22(35-21)27-13-19(26)24(31)28(25(27)32)23(30)18-10-6-3-7-11-18/h2-11,13,20-22H,12,14-15H2,1H3/t20-,21+,22+/m0/s1. The van der Waals surface area contributed by atoms with Gasteiger partial charge in [-0.1, -0.05) is 48.5 Å². The molecule has 182 valence electrons. The summed E-state index contributed by atoms with van der Waals surface area (Å²) < 4.78 is 32.6. The van der Waals surface area contributed by atoms with Crippen molar-refractivity contribution in [3.63, 3.8) is 0 Å². The highest BCUT2D eigenvalue weighted by Gasteiger charge is 2.39. The molecule has 0 spiro atoms. The molecule has 1 fully saturated rings. The van der Waals surface area contributed by atoms with Crippen LogP contribution in [0.25, 0.3) is 0 Å². The van der Waals surface area contributed by atoms with Gasteiger partial charge in [0.15, 0.2) is 0 Å². The summed E-state index contributed by atoms with van der Waals surface area (Å²) in [7, 11) is 0. The van der Waals surface area contributed by atoms with Crippen molar-refractivity contribution in [1.82, 2.24) is 9.13 Å². The van der Waals surface area contributed by atoms with Crippen LogP contribution < -0.4 is 11.2 Å². The van der Waals surface area contributed by atoms with Crippen molar-refractivity contribution < 1.29 is 28.2 Å². The maximum atomic E-state index is 14.6. The lowest BCUT2D eigenvalue weighted by Crippen LogP contribution is -2.46. The van der Waals surface area contributed by atoms with Crippen LogP contribution in [-0.2, 0) is 25.6 Å². The maximum absolute atomic E-state index is 14.6. The van der Waals surface area contributed by atoms with Crippen LogP contribution in [0.4, 0.5) is 4.39 Å². The molecule has 1 aromatic heterocycles. The van der Waals surface area contributed by atoms with Crippen LogP contribution in [0.1, 0.15) is 35.5 Å². The monoisotopic (exact) mass is 482 g/mol. The molecule has 9 nitrogen and oxygen atoms in total. The van der Waals surface area contributed by atoms with Gasteiger partial charge in [-0.15, -0.1) is 0 Å². The summed E-state index contributed by atoms with van der Waals surface area (Å²) in [6.45, 7) is 1.33. The predicted molar refractivity (Wildman–Crippen MR) is 121 cm³/mol. The van der Waals surface area contributed by atoms with E-state index in [-0.39, 0.29) is 29.8 Å². The summed E-state index contributed by atoms with van der Waals surface area (Å²) in [5.74, 6) is -2.77. The molecule has 0 saturated carbocycles. The Morgan fingerprint density at radius 3 is 2.37 bits per heavy atom. The Labute approximate surface area is 199 Å². The summed E-state index contributed by atoms with van der Waals surface area (Å²) in [5, 5.41) is 0. The van der Waals surface area contributed by atoms with E-state index in [4.69, 9.17) is 14.2 Å². The Kier molecular flexibility index (Phi) is 7.33. The lowest BCUT2D eigenvalue weighted by Gasteiger charge is -2.18. The smallest absolute Gasteiger partial charge is 0.340 e. The molecule has 4 rings (SSSR count). The zero-order valence-electron chi connectivity index (χ0n) is 18.8. The van der Waals surface area contributed by atoms with Gasteiger partial charge in [-0.25, -0.2) is 4.79 Å². The number of esters is 1. The largest absolute Gasteiger partial charge is 0.463 e. The second-order valence-electron chi connectivity index (χ2n) is 7.98. The Morgan fingerprint density at radius 2 is 1.71 bits per heavy atom. The summed E-state index contributed by atoms with van der Waals surface area (Å²) >= 11 is 0. The summed E-state index contributed by atoms with van der Waals surface area (Å²) in [6.07, 6.45) is -1.62. The number of hydrogen-bond acceptors (Lipinski definition) is 7. The quantitative estimate of drug-likeness (QED) is 0.476. The maximum Gasteiger partial charge on any atom is 0.340 e. The van der Waals surface area contributed by atoms with Crippen LogP contribution in [0.2, 0.25) is 0 Å². The molecule has 3 atom stereocenters. The summed E-state index contributed by atoms with van der Waals surface area (Å²) in [4.78, 5) is 49.7. The second kappa shape index (κ2) is 10.6. The van der Waals surface area contributed by atoms with Gasteiger partial charge >= 0.3 is 11.7 Å². The fourth-order valence-corrected chi connectivity index (χ4v) is 3.81. The van der Waals surface area contributed by atoms with E-state index in [1.807, 2.05) is 30.3 Å². The molecule has 35 heavy (non-hydrogen) atoms. The summed E-state index contributed by atoms with van der Waals surface area (Å²) in [5.41, 5.74) is -1.46. The number of hydrogen-bond donors (Lipinski definition) is 0.